The van der Waals surface area contributed by atoms with Crippen LogP contribution in [-0.4, -0.2) is 67.6 Å². The van der Waals surface area contributed by atoms with Gasteiger partial charge in [-0.3, -0.25) is 59.3 Å². The predicted molar refractivity (Wildman–Crippen MR) is 450 cm³/mol. The Kier molecular flexibility index (Phi) is 28.1. The summed E-state index contributed by atoms with van der Waals surface area (Å²) in [6.07, 6.45) is 0. The van der Waals surface area contributed by atoms with Gasteiger partial charge in [0, 0.05) is 70.8 Å². The van der Waals surface area contributed by atoms with Gasteiger partial charge in [0.15, 0.2) is 4.30 Å². The van der Waals surface area contributed by atoms with Crippen LogP contribution in [0.5, 0.6) is 0 Å². The maximum atomic E-state index is 13.3. The molecule has 0 spiro atoms. The molecule has 598 valence electrons. The second kappa shape index (κ2) is 36.5. The van der Waals surface area contributed by atoms with Crippen LogP contribution in [0, 0.1) is 87.8 Å². The van der Waals surface area contributed by atoms with Crippen LogP contribution in [0.1, 0.15) is 150 Å². The van der Waals surface area contributed by atoms with E-state index in [4.69, 9.17) is 34.8 Å². The number of nitro benzene ring substituents is 4. The molecule has 0 radical (unpaired) electrons. The fourth-order valence-electron chi connectivity index (χ4n) is 10.3. The fourth-order valence-corrected chi connectivity index (χ4v) is 14.6. The molecule has 0 aliphatic carbocycles. The molecule has 0 saturated carbocycles. The van der Waals surface area contributed by atoms with Gasteiger partial charge in [-0.2, -0.15) is 0 Å². The Morgan fingerprint density at radius 1 is 0.293 bits per heavy atom. The molecule has 2 heterocycles. The van der Waals surface area contributed by atoms with Gasteiger partial charge in [0.1, 0.15) is 22.8 Å². The lowest BCUT2D eigenvalue weighted by atomic mass is 9.86. The number of pyridine rings is 2. The summed E-state index contributed by atoms with van der Waals surface area (Å²) in [5.41, 5.74) is 4.98. The van der Waals surface area contributed by atoms with Gasteiger partial charge in [0.25, 0.3) is 62.8 Å². The largest absolute Gasteiger partial charge is 0.278 e. The van der Waals surface area contributed by atoms with Crippen LogP contribution in [0.3, 0.4) is 0 Å². The Balaban J connectivity index is 0.000000277. The number of rotatable bonds is 16. The number of halogens is 3. The van der Waals surface area contributed by atoms with E-state index in [0.717, 1.165) is 119 Å². The van der Waals surface area contributed by atoms with Crippen molar-refractivity contribution in [2.75, 3.05) is 18.9 Å². The quantitative estimate of drug-likeness (QED) is 0.0302. The van der Waals surface area contributed by atoms with Gasteiger partial charge >= 0.3 is 0 Å². The highest BCUT2D eigenvalue weighted by molar-refractivity contribution is 7.93. The van der Waals surface area contributed by atoms with Crippen molar-refractivity contribution < 1.29 is 53.4 Å². The summed E-state index contributed by atoms with van der Waals surface area (Å²) >= 11 is 14.4. The topological polar surface area (TPSA) is 383 Å². The highest BCUT2D eigenvalue weighted by Gasteiger charge is 2.26. The van der Waals surface area contributed by atoms with Crippen LogP contribution < -0.4 is 18.9 Å². The van der Waals surface area contributed by atoms with Crippen LogP contribution in [0.25, 0.3) is 0 Å². The van der Waals surface area contributed by atoms with Crippen LogP contribution in [-0.2, 0) is 61.8 Å². The van der Waals surface area contributed by atoms with E-state index in [-0.39, 0.29) is 86.7 Å². The molecule has 10 aromatic rings. The molecule has 0 fully saturated rings. The molecule has 0 amide bonds. The summed E-state index contributed by atoms with van der Waals surface area (Å²) in [6, 6.07) is 49.0. The number of non-ortho nitro benzene ring substituents is 4. The lowest BCUT2D eigenvalue weighted by Gasteiger charge is -2.20. The maximum Gasteiger partial charge on any atom is 0.269 e. The third-order valence-corrected chi connectivity index (χ3v) is 22.3. The van der Waals surface area contributed by atoms with Crippen molar-refractivity contribution >= 4 is 120 Å². The number of nitro groups is 4. The second-order valence-corrected chi connectivity index (χ2v) is 38.2. The van der Waals surface area contributed by atoms with E-state index in [9.17, 15) is 74.1 Å². The number of nitrogens with zero attached hydrogens (tertiary/aromatic N) is 6. The Hall–Kier alpha value is -12.2. The first-order chi connectivity index (χ1) is 54.0. The van der Waals surface area contributed by atoms with Gasteiger partial charge in [-0.15, -0.1) is 0 Å². The van der Waals surface area contributed by atoms with Crippen molar-refractivity contribution in [1.29, 1.82) is 0 Å². The first-order valence-corrected chi connectivity index (χ1v) is 41.8. The number of aromatic nitrogens is 2. The van der Waals surface area contributed by atoms with Crippen LogP contribution >= 0.6 is 34.8 Å². The van der Waals surface area contributed by atoms with Crippen molar-refractivity contribution in [3.05, 3.63) is 314 Å². The molecule has 0 saturated heterocycles. The maximum absolute atomic E-state index is 13.3. The summed E-state index contributed by atoms with van der Waals surface area (Å²) in [5, 5.41) is 44.3. The zero-order valence-corrected chi connectivity index (χ0v) is 69.7. The van der Waals surface area contributed by atoms with Gasteiger partial charge in [-0.1, -0.05) is 178 Å². The number of sulfonamides is 4. The molecule has 0 atom stereocenters. The van der Waals surface area contributed by atoms with E-state index in [1.54, 1.807) is 109 Å². The summed E-state index contributed by atoms with van der Waals surface area (Å²) in [7, 11) is -16.6. The van der Waals surface area contributed by atoms with E-state index >= 15 is 0 Å². The average molecular weight is 1700 g/mol. The summed E-state index contributed by atoms with van der Waals surface area (Å²) in [4.78, 5) is 50.3. The molecule has 33 heteroatoms. The Bertz CT molecular complexity index is 5480. The van der Waals surface area contributed by atoms with E-state index in [1.807, 2.05) is 83.1 Å². The summed E-state index contributed by atoms with van der Waals surface area (Å²) in [6.45, 7) is 24.1. The van der Waals surface area contributed by atoms with Gasteiger partial charge in [0.05, 0.1) is 62.0 Å². The van der Waals surface area contributed by atoms with E-state index in [0.29, 0.717) is 45.0 Å². The van der Waals surface area contributed by atoms with E-state index in [2.05, 4.69) is 76.2 Å². The van der Waals surface area contributed by atoms with Crippen LogP contribution in [0.2, 0.25) is 0 Å². The minimum absolute atomic E-state index is 0.162. The van der Waals surface area contributed by atoms with Crippen molar-refractivity contribution in [1.82, 2.24) is 9.97 Å². The molecule has 0 unspecified atom stereocenters. The molecule has 10 rings (SSSR count). The van der Waals surface area contributed by atoms with Gasteiger partial charge in [0.2, 0.25) is 0 Å². The number of alkyl halides is 3. The first-order valence-electron chi connectivity index (χ1n) is 34.6. The minimum Gasteiger partial charge on any atom is -0.278 e. The Labute approximate surface area is 687 Å². The minimum atomic E-state index is -4.14. The smallest absolute Gasteiger partial charge is 0.269 e. The number of anilines is 4. The number of hydrogen-bond acceptors (Lipinski definition) is 18. The van der Waals surface area contributed by atoms with Crippen molar-refractivity contribution in [2.24, 2.45) is 0 Å². The first kappa shape index (κ1) is 89.3. The zero-order chi connectivity index (χ0) is 85.7. The highest BCUT2D eigenvalue weighted by atomic mass is 35.6. The monoisotopic (exact) mass is 1700 g/mol. The normalized spacial score (nSPS) is 11.6. The molecular formula is C83H75Cl3N10O16S4. The lowest BCUT2D eigenvalue weighted by Crippen LogP contribution is -2.15. The lowest BCUT2D eigenvalue weighted by molar-refractivity contribution is -0.385. The van der Waals surface area contributed by atoms with E-state index in [1.165, 1.54) is 0 Å². The van der Waals surface area contributed by atoms with E-state index < -0.39 is 64.1 Å². The number of benzene rings is 8. The fraction of sp³-hybridized carbons (Fsp3) is 0.205. The van der Waals surface area contributed by atoms with Crippen LogP contribution in [0.4, 0.5) is 45.5 Å². The molecule has 0 bridgehead atoms. The molecule has 4 N–H and O–H groups in total. The standard InChI is InChI=1S/2C41H37N5O8S2.CHCl3/c2*1-40(2,3)30-12-24-38(43-55(51,52)36-20-16-34(17-21-36)45(47)48)28(26-30)10-14-32-8-7-9-33(42-32)15-11-29-27-31(41(4,5)6)13-25-39(29)44-56(53,54)37-22-18-35(19-23-37)46(49)50;2-1(3)4/h2*7-9,12-13,16-27,43-44H,1-6H3;1H. The number of nitrogens with one attached hydrogen (secondary N) is 4. The molecular weight excluding hydrogens is 1630 g/mol. The SMILES string of the molecule is CC(C)(C)c1ccc(NS(=O)(=O)c2ccc([N+](=O)[O-])cc2)c(C#Cc2cccc(C#Cc3cc(C(C)(C)C)ccc3NS(=O)(=O)c3ccc([N+](=O)[O-])cc3)n2)c1.CC(C)(C)c1ccc(NS(=O)(=O)c2ccc([N+](=O)[O-])cc2)c(C#Cc2cccc(C#Cc3cc(C(C)(C)C)ccc3NS(=O)(=O)c3ccc([N+](=O)[O-])cc3)n2)c1.ClC(Cl)Cl. The highest BCUT2D eigenvalue weighted by Crippen LogP contribution is 2.34. The second-order valence-electron chi connectivity index (χ2n) is 29.5. The van der Waals surface area contributed by atoms with Crippen molar-refractivity contribution in [3.8, 4) is 47.4 Å². The van der Waals surface area contributed by atoms with Crippen LogP contribution in [0.15, 0.2) is 226 Å². The van der Waals surface area contributed by atoms with Crippen molar-refractivity contribution in [3.63, 3.8) is 0 Å². The number of hydrogen-bond donors (Lipinski definition) is 4. The summed E-state index contributed by atoms with van der Waals surface area (Å²) < 4.78 is 116. The van der Waals surface area contributed by atoms with Crippen molar-refractivity contribution in [2.45, 2.75) is 129 Å². The average Bonchev–Trinajstić information content (AvgIpc) is 0.809. The third-order valence-electron chi connectivity index (χ3n) is 16.8. The van der Waals surface area contributed by atoms with Gasteiger partial charge < -0.3 is 0 Å². The van der Waals surface area contributed by atoms with Gasteiger partial charge in [-0.25, -0.2) is 43.6 Å². The molecule has 0 aliphatic heterocycles. The third kappa shape index (κ3) is 24.9. The molecule has 116 heavy (non-hydrogen) atoms. The predicted octanol–water partition coefficient (Wildman–Crippen LogP) is 17.8. The molecule has 2 aromatic heterocycles. The Morgan fingerprint density at radius 3 is 0.621 bits per heavy atom. The molecule has 8 aromatic carbocycles. The molecule has 26 nitrogen and oxygen atoms in total. The summed E-state index contributed by atoms with van der Waals surface area (Å²) in [5.74, 6) is 24.1. The molecule has 0 aliphatic rings. The zero-order valence-electron chi connectivity index (χ0n) is 64.2. The Morgan fingerprint density at radius 2 is 0.466 bits per heavy atom. The van der Waals surface area contributed by atoms with Gasteiger partial charge in [-0.05, 0) is 189 Å².